The Morgan fingerprint density at radius 3 is 1.21 bits per heavy atom. The quantitative estimate of drug-likeness (QED) is 0.629. The summed E-state index contributed by atoms with van der Waals surface area (Å²) in [6.45, 7) is 5.98. The van der Waals surface area contributed by atoms with Crippen molar-refractivity contribution in [1.82, 2.24) is 0 Å². The number of nitrogens with zero attached hydrogens (tertiary/aromatic N) is 2. The standard InChI is InChI=1S/C10H12N2O2/c1-9(2,7(13)5-11)10(3,4)8(14)6-12/h1-4H3. The Kier molecular flexibility index (Phi) is 3.16. The van der Waals surface area contributed by atoms with Crippen LogP contribution in [0.25, 0.3) is 0 Å². The molecule has 4 heteroatoms. The van der Waals surface area contributed by atoms with E-state index < -0.39 is 22.4 Å². The number of rotatable bonds is 3. The lowest BCUT2D eigenvalue weighted by molar-refractivity contribution is -0.137. The van der Waals surface area contributed by atoms with Gasteiger partial charge in [-0.25, -0.2) is 0 Å². The van der Waals surface area contributed by atoms with Gasteiger partial charge in [0.15, 0.2) is 0 Å². The van der Waals surface area contributed by atoms with Gasteiger partial charge in [0.2, 0.25) is 11.6 Å². The highest BCUT2D eigenvalue weighted by Crippen LogP contribution is 2.39. The Hall–Kier alpha value is -1.68. The average Bonchev–Trinajstić information content (AvgIpc) is 2.14. The van der Waals surface area contributed by atoms with Gasteiger partial charge in [-0.05, 0) is 0 Å². The van der Waals surface area contributed by atoms with Crippen LogP contribution in [0.3, 0.4) is 0 Å². The Labute approximate surface area is 83.1 Å². The van der Waals surface area contributed by atoms with E-state index in [-0.39, 0.29) is 0 Å². The van der Waals surface area contributed by atoms with E-state index in [0.717, 1.165) is 0 Å². The number of nitriles is 2. The number of hydrogen-bond acceptors (Lipinski definition) is 4. The largest absolute Gasteiger partial charge is 0.282 e. The minimum atomic E-state index is -1.14. The van der Waals surface area contributed by atoms with Crippen molar-refractivity contribution < 1.29 is 9.59 Å². The molecule has 0 fully saturated rings. The fourth-order valence-corrected chi connectivity index (χ4v) is 0.847. The lowest BCUT2D eigenvalue weighted by atomic mass is 9.63. The fraction of sp³-hybridized carbons (Fsp3) is 0.600. The number of Topliss-reactive ketones (excluding diaryl/α,β-unsaturated/α-hetero) is 2. The number of carbonyl (C=O) groups excluding carboxylic acids is 2. The van der Waals surface area contributed by atoms with Crippen LogP contribution in [0, 0.1) is 33.5 Å². The molecule has 4 nitrogen and oxygen atoms in total. The summed E-state index contributed by atoms with van der Waals surface area (Å²) in [4.78, 5) is 22.6. The van der Waals surface area contributed by atoms with E-state index in [2.05, 4.69) is 0 Å². The van der Waals surface area contributed by atoms with Crippen molar-refractivity contribution in [3.63, 3.8) is 0 Å². The van der Waals surface area contributed by atoms with Gasteiger partial charge in [0.25, 0.3) is 0 Å². The molecule has 0 N–H and O–H groups in total. The van der Waals surface area contributed by atoms with E-state index in [1.54, 1.807) is 0 Å². The molecule has 0 saturated carbocycles. The summed E-state index contributed by atoms with van der Waals surface area (Å²) in [6.07, 6.45) is 0. The summed E-state index contributed by atoms with van der Waals surface area (Å²) < 4.78 is 0. The molecule has 0 radical (unpaired) electrons. The topological polar surface area (TPSA) is 81.7 Å². The van der Waals surface area contributed by atoms with Crippen molar-refractivity contribution >= 4 is 11.6 Å². The van der Waals surface area contributed by atoms with Crippen LogP contribution < -0.4 is 0 Å². The van der Waals surface area contributed by atoms with E-state index in [1.807, 2.05) is 0 Å². The van der Waals surface area contributed by atoms with Crippen LogP contribution >= 0.6 is 0 Å². The first-order valence-corrected chi connectivity index (χ1v) is 4.11. The monoisotopic (exact) mass is 192 g/mol. The third kappa shape index (κ3) is 1.65. The lowest BCUT2D eigenvalue weighted by Crippen LogP contribution is -2.44. The van der Waals surface area contributed by atoms with E-state index in [1.165, 1.54) is 39.8 Å². The average molecular weight is 192 g/mol. The molecule has 0 aliphatic heterocycles. The second-order valence-electron chi connectivity index (χ2n) is 4.13. The van der Waals surface area contributed by atoms with Gasteiger partial charge in [0.05, 0.1) is 10.8 Å². The van der Waals surface area contributed by atoms with Gasteiger partial charge in [-0.3, -0.25) is 9.59 Å². The maximum atomic E-state index is 11.3. The molecular formula is C10H12N2O2. The molecule has 0 aromatic carbocycles. The molecule has 0 aliphatic rings. The first-order valence-electron chi connectivity index (χ1n) is 4.11. The smallest absolute Gasteiger partial charge is 0.238 e. The molecule has 14 heavy (non-hydrogen) atoms. The van der Waals surface area contributed by atoms with Gasteiger partial charge >= 0.3 is 0 Å². The summed E-state index contributed by atoms with van der Waals surface area (Å²) in [5.41, 5.74) is -2.29. The van der Waals surface area contributed by atoms with Crippen molar-refractivity contribution in [3.8, 4) is 12.1 Å². The zero-order chi connectivity index (χ0) is 11.6. The van der Waals surface area contributed by atoms with Crippen LogP contribution in [-0.4, -0.2) is 11.6 Å². The number of hydrogen-bond donors (Lipinski definition) is 0. The Morgan fingerprint density at radius 1 is 0.857 bits per heavy atom. The molecule has 0 bridgehead atoms. The maximum absolute atomic E-state index is 11.3. The summed E-state index contributed by atoms with van der Waals surface area (Å²) in [6, 6.07) is 2.98. The first kappa shape index (κ1) is 12.3. The molecular weight excluding hydrogens is 180 g/mol. The minimum absolute atomic E-state index is 0.689. The molecule has 0 atom stereocenters. The highest BCUT2D eigenvalue weighted by molar-refractivity contribution is 6.06. The molecule has 0 aromatic rings. The predicted molar refractivity (Wildman–Crippen MR) is 48.8 cm³/mol. The zero-order valence-electron chi connectivity index (χ0n) is 8.71. The van der Waals surface area contributed by atoms with Crippen molar-refractivity contribution in [3.05, 3.63) is 0 Å². The zero-order valence-corrected chi connectivity index (χ0v) is 8.71. The maximum Gasteiger partial charge on any atom is 0.238 e. The molecule has 0 unspecified atom stereocenters. The van der Waals surface area contributed by atoms with Crippen LogP contribution in [-0.2, 0) is 9.59 Å². The molecule has 74 valence electrons. The molecule has 0 rings (SSSR count). The molecule has 0 aromatic heterocycles. The summed E-state index contributed by atoms with van der Waals surface area (Å²) in [5.74, 6) is -1.38. The Balaban J connectivity index is 5.32. The first-order chi connectivity index (χ1) is 6.21. The minimum Gasteiger partial charge on any atom is -0.282 e. The van der Waals surface area contributed by atoms with Gasteiger partial charge in [0.1, 0.15) is 12.1 Å². The highest BCUT2D eigenvalue weighted by atomic mass is 16.1. The van der Waals surface area contributed by atoms with Crippen molar-refractivity contribution in [2.45, 2.75) is 27.7 Å². The third-order valence-electron chi connectivity index (χ3n) is 2.90. The van der Waals surface area contributed by atoms with Crippen molar-refractivity contribution in [2.24, 2.45) is 10.8 Å². The Morgan fingerprint density at radius 2 is 1.07 bits per heavy atom. The lowest BCUT2D eigenvalue weighted by Gasteiger charge is -2.34. The predicted octanol–water partition coefficient (Wildman–Crippen LogP) is 1.22. The van der Waals surface area contributed by atoms with E-state index in [0.29, 0.717) is 0 Å². The van der Waals surface area contributed by atoms with Gasteiger partial charge in [0, 0.05) is 0 Å². The normalized spacial score (nSPS) is 11.3. The fourth-order valence-electron chi connectivity index (χ4n) is 0.847. The van der Waals surface area contributed by atoms with E-state index >= 15 is 0 Å². The number of ketones is 2. The van der Waals surface area contributed by atoms with Gasteiger partial charge in [-0.15, -0.1) is 0 Å². The van der Waals surface area contributed by atoms with Crippen molar-refractivity contribution in [2.75, 3.05) is 0 Å². The van der Waals surface area contributed by atoms with Crippen LogP contribution in [0.4, 0.5) is 0 Å². The molecule has 0 aliphatic carbocycles. The second kappa shape index (κ2) is 3.59. The van der Waals surface area contributed by atoms with Crippen LogP contribution in [0.5, 0.6) is 0 Å². The van der Waals surface area contributed by atoms with E-state index in [4.69, 9.17) is 10.5 Å². The summed E-state index contributed by atoms with van der Waals surface area (Å²) >= 11 is 0. The van der Waals surface area contributed by atoms with Gasteiger partial charge in [-0.1, -0.05) is 27.7 Å². The number of carbonyl (C=O) groups is 2. The molecule has 0 saturated heterocycles. The summed E-state index contributed by atoms with van der Waals surface area (Å²) in [5, 5.41) is 17.0. The SMILES string of the molecule is CC(C)(C(=O)C#N)C(C)(C)C(=O)C#N. The van der Waals surface area contributed by atoms with Crippen LogP contribution in [0.1, 0.15) is 27.7 Å². The molecule has 0 amide bonds. The highest BCUT2D eigenvalue weighted by Gasteiger charge is 2.48. The van der Waals surface area contributed by atoms with Gasteiger partial charge < -0.3 is 0 Å². The Bertz CT molecular complexity index is 317. The molecule has 0 heterocycles. The van der Waals surface area contributed by atoms with Crippen LogP contribution in [0.15, 0.2) is 0 Å². The van der Waals surface area contributed by atoms with Crippen molar-refractivity contribution in [1.29, 1.82) is 10.5 Å². The van der Waals surface area contributed by atoms with E-state index in [9.17, 15) is 9.59 Å². The third-order valence-corrected chi connectivity index (χ3v) is 2.90. The summed E-state index contributed by atoms with van der Waals surface area (Å²) in [7, 11) is 0. The second-order valence-corrected chi connectivity index (χ2v) is 4.13. The van der Waals surface area contributed by atoms with Crippen LogP contribution in [0.2, 0.25) is 0 Å². The van der Waals surface area contributed by atoms with Gasteiger partial charge in [-0.2, -0.15) is 10.5 Å². The molecule has 0 spiro atoms.